The van der Waals surface area contributed by atoms with Crippen molar-refractivity contribution in [2.24, 2.45) is 0 Å². The summed E-state index contributed by atoms with van der Waals surface area (Å²) in [6, 6.07) is 5.85. The number of ether oxygens (including phenoxy) is 1. The van der Waals surface area contributed by atoms with Gasteiger partial charge in [0.05, 0.1) is 0 Å². The second-order valence-electron chi connectivity index (χ2n) is 2.79. The van der Waals surface area contributed by atoms with Gasteiger partial charge in [-0.2, -0.15) is 0 Å². The molecule has 0 aliphatic heterocycles. The Balaban J connectivity index is 2.76. The van der Waals surface area contributed by atoms with Crippen LogP contribution in [0.5, 0.6) is 0 Å². The fourth-order valence-corrected chi connectivity index (χ4v) is 2.36. The Kier molecular flexibility index (Phi) is 5.13. The molecule has 0 aliphatic carbocycles. The van der Waals surface area contributed by atoms with Crippen LogP contribution in [0.25, 0.3) is 6.08 Å². The molecule has 0 aromatic heterocycles. The first-order valence-corrected chi connectivity index (χ1v) is 6.20. The second-order valence-corrected chi connectivity index (χ2v) is 4.72. The van der Waals surface area contributed by atoms with E-state index in [0.717, 1.165) is 14.4 Å². The minimum atomic E-state index is -0.313. The van der Waals surface area contributed by atoms with E-state index in [0.29, 0.717) is 6.61 Å². The average molecular weight is 329 g/mol. The Morgan fingerprint density at radius 1 is 1.60 bits per heavy atom. The van der Waals surface area contributed by atoms with Gasteiger partial charge >= 0.3 is 107 Å². The van der Waals surface area contributed by atoms with Crippen LogP contribution in [0, 0.1) is 0 Å². The van der Waals surface area contributed by atoms with Gasteiger partial charge in [0.25, 0.3) is 0 Å². The zero-order valence-corrected chi connectivity index (χ0v) is 11.7. The quantitative estimate of drug-likeness (QED) is 0.480. The number of hydrogen-bond acceptors (Lipinski definition) is 2. The maximum absolute atomic E-state index is 11.1. The first-order valence-electron chi connectivity index (χ1n) is 4.47. The zero-order valence-electron chi connectivity index (χ0n) is 8.24. The Hall–Kier alpha value is -0.532. The molecule has 0 unspecified atom stereocenters. The third kappa shape index (κ3) is 4.23. The van der Waals surface area contributed by atoms with Crippen molar-refractivity contribution in [2.75, 3.05) is 6.61 Å². The molecule has 0 atom stereocenters. The van der Waals surface area contributed by atoms with Crippen LogP contribution in [0.3, 0.4) is 0 Å². The standard InChI is InChI=1S/C11H10AsBrO2/c1-2-15-11(14)6-4-8-3-5-9(13)7-10(8)12/h3-7H,2H2,1H3. The number of carbonyl (C=O) groups is 1. The Morgan fingerprint density at radius 2 is 2.33 bits per heavy atom. The monoisotopic (exact) mass is 328 g/mol. The summed E-state index contributed by atoms with van der Waals surface area (Å²) < 4.78 is 6.86. The summed E-state index contributed by atoms with van der Waals surface area (Å²) in [4.78, 5) is 11.1. The van der Waals surface area contributed by atoms with E-state index < -0.39 is 0 Å². The molecule has 2 radical (unpaired) electrons. The maximum atomic E-state index is 11.1. The number of hydrogen-bond donors (Lipinski definition) is 0. The summed E-state index contributed by atoms with van der Waals surface area (Å²) in [7, 11) is 0. The second kappa shape index (κ2) is 6.14. The van der Waals surface area contributed by atoms with Gasteiger partial charge in [-0.3, -0.25) is 0 Å². The topological polar surface area (TPSA) is 26.3 Å². The molecular formula is C11H10AsBrO2. The van der Waals surface area contributed by atoms with Gasteiger partial charge in [0.2, 0.25) is 0 Å². The van der Waals surface area contributed by atoms with Crippen molar-refractivity contribution in [1.82, 2.24) is 0 Å². The van der Waals surface area contributed by atoms with Gasteiger partial charge in [-0.15, -0.1) is 0 Å². The van der Waals surface area contributed by atoms with E-state index in [1.807, 2.05) is 18.2 Å². The number of rotatable bonds is 3. The molecule has 78 valence electrons. The molecule has 0 saturated carbocycles. The van der Waals surface area contributed by atoms with Crippen molar-refractivity contribution >= 4 is 49.2 Å². The van der Waals surface area contributed by atoms with Crippen LogP contribution in [0.4, 0.5) is 0 Å². The normalized spacial score (nSPS) is 10.6. The SMILES string of the molecule is CCOC(=O)C=Cc1ccc(Br)cc1[As]. The summed E-state index contributed by atoms with van der Waals surface area (Å²) in [5.41, 5.74) is 0.992. The van der Waals surface area contributed by atoms with Crippen LogP contribution in [0.1, 0.15) is 12.5 Å². The molecule has 0 aliphatic rings. The van der Waals surface area contributed by atoms with Gasteiger partial charge < -0.3 is 0 Å². The van der Waals surface area contributed by atoms with E-state index in [9.17, 15) is 4.79 Å². The molecule has 1 rings (SSSR count). The van der Waals surface area contributed by atoms with E-state index in [1.165, 1.54) is 6.08 Å². The van der Waals surface area contributed by atoms with Crippen molar-refractivity contribution in [1.29, 1.82) is 0 Å². The molecule has 0 saturated heterocycles. The molecule has 0 fully saturated rings. The van der Waals surface area contributed by atoms with Crippen molar-refractivity contribution in [3.8, 4) is 0 Å². The fourth-order valence-electron chi connectivity index (χ4n) is 1.01. The minimum absolute atomic E-state index is 0.313. The molecule has 2 nitrogen and oxygen atoms in total. The first kappa shape index (κ1) is 12.5. The molecule has 1 aromatic carbocycles. The van der Waals surface area contributed by atoms with Crippen LogP contribution in [-0.4, -0.2) is 29.4 Å². The van der Waals surface area contributed by atoms with E-state index in [-0.39, 0.29) is 5.97 Å². The predicted molar refractivity (Wildman–Crippen MR) is 65.2 cm³/mol. The molecule has 1 aromatic rings. The van der Waals surface area contributed by atoms with Gasteiger partial charge in [-0.25, -0.2) is 0 Å². The molecule has 0 bridgehead atoms. The van der Waals surface area contributed by atoms with Crippen molar-refractivity contribution in [2.45, 2.75) is 6.92 Å². The van der Waals surface area contributed by atoms with Crippen molar-refractivity contribution < 1.29 is 9.53 Å². The van der Waals surface area contributed by atoms with Crippen molar-refractivity contribution in [3.63, 3.8) is 0 Å². The van der Waals surface area contributed by atoms with Crippen molar-refractivity contribution in [3.05, 3.63) is 34.3 Å². The molecular weight excluding hydrogens is 319 g/mol. The first-order chi connectivity index (χ1) is 7.13. The van der Waals surface area contributed by atoms with E-state index in [1.54, 1.807) is 13.0 Å². The fraction of sp³-hybridized carbons (Fsp3) is 0.182. The molecule has 0 spiro atoms. The Morgan fingerprint density at radius 3 is 2.93 bits per heavy atom. The van der Waals surface area contributed by atoms with E-state index >= 15 is 0 Å². The average Bonchev–Trinajstić information content (AvgIpc) is 2.17. The van der Waals surface area contributed by atoms with Crippen LogP contribution in [-0.2, 0) is 9.53 Å². The summed E-state index contributed by atoms with van der Waals surface area (Å²) in [5.74, 6) is -0.313. The summed E-state index contributed by atoms with van der Waals surface area (Å²) >= 11 is 5.84. The van der Waals surface area contributed by atoms with Crippen LogP contribution < -0.4 is 4.35 Å². The van der Waals surface area contributed by atoms with Crippen LogP contribution >= 0.6 is 15.9 Å². The van der Waals surface area contributed by atoms with Gasteiger partial charge in [0, 0.05) is 0 Å². The summed E-state index contributed by atoms with van der Waals surface area (Å²) in [6.07, 6.45) is 3.18. The Bertz CT molecular complexity index is 388. The number of carbonyl (C=O) groups excluding carboxylic acids is 1. The molecule has 0 heterocycles. The third-order valence-corrected chi connectivity index (χ3v) is 2.98. The van der Waals surface area contributed by atoms with Gasteiger partial charge in [-0.1, -0.05) is 0 Å². The van der Waals surface area contributed by atoms with E-state index in [4.69, 9.17) is 4.74 Å². The van der Waals surface area contributed by atoms with Gasteiger partial charge in [0.15, 0.2) is 0 Å². The third-order valence-electron chi connectivity index (χ3n) is 1.68. The number of esters is 1. The van der Waals surface area contributed by atoms with Crippen LogP contribution in [0.15, 0.2) is 28.7 Å². The zero-order chi connectivity index (χ0) is 11.3. The predicted octanol–water partition coefficient (Wildman–Crippen LogP) is 1.82. The molecule has 15 heavy (non-hydrogen) atoms. The summed E-state index contributed by atoms with van der Waals surface area (Å²) in [5, 5.41) is 0. The Labute approximate surface area is 106 Å². The molecule has 4 heteroatoms. The number of halogens is 1. The summed E-state index contributed by atoms with van der Waals surface area (Å²) in [6.45, 7) is 2.19. The molecule has 0 N–H and O–H groups in total. The molecule has 0 amide bonds. The van der Waals surface area contributed by atoms with Crippen LogP contribution in [0.2, 0.25) is 0 Å². The number of benzene rings is 1. The van der Waals surface area contributed by atoms with E-state index in [2.05, 4.69) is 32.8 Å². The van der Waals surface area contributed by atoms with Gasteiger partial charge in [-0.05, 0) is 0 Å². The van der Waals surface area contributed by atoms with Gasteiger partial charge in [0.1, 0.15) is 0 Å².